The van der Waals surface area contributed by atoms with Crippen LogP contribution in [-0.2, 0) is 19.1 Å². The summed E-state index contributed by atoms with van der Waals surface area (Å²) in [7, 11) is 4.76. The number of halogens is 3. The van der Waals surface area contributed by atoms with Gasteiger partial charge in [-0.2, -0.15) is 0 Å². The first-order valence-electron chi connectivity index (χ1n) is 15.8. The number of carbonyl (C=O) groups excluding carboxylic acids is 3. The Labute approximate surface area is 286 Å². The van der Waals surface area contributed by atoms with Crippen molar-refractivity contribution in [2.24, 2.45) is 0 Å². The maximum absolute atomic E-state index is 17.4. The van der Waals surface area contributed by atoms with Gasteiger partial charge in [-0.1, -0.05) is 19.2 Å². The molecule has 49 heavy (non-hydrogen) atoms. The zero-order valence-electron chi connectivity index (χ0n) is 30.0. The molecule has 0 saturated heterocycles. The molecule has 0 radical (unpaired) electrons. The van der Waals surface area contributed by atoms with Crippen molar-refractivity contribution in [3.05, 3.63) is 86.9 Å². The Morgan fingerprint density at radius 2 is 1.43 bits per heavy atom. The summed E-state index contributed by atoms with van der Waals surface area (Å²) in [5.74, 6) is -13.1. The molecule has 0 saturated carbocycles. The van der Waals surface area contributed by atoms with Gasteiger partial charge in [-0.25, -0.2) is 17.7 Å². The number of hydrogen-bond acceptors (Lipinski definition) is 7. The molecule has 2 aromatic carbocycles. The van der Waals surface area contributed by atoms with E-state index in [1.165, 1.54) is 41.5 Å². The Morgan fingerprint density at radius 1 is 0.878 bits per heavy atom. The first-order valence-corrected chi connectivity index (χ1v) is 18.8. The molecule has 0 amide bonds. The van der Waals surface area contributed by atoms with Crippen LogP contribution in [0, 0.1) is 17.5 Å². The molecule has 0 atom stereocenters. The Morgan fingerprint density at radius 3 is 1.90 bits per heavy atom. The second-order valence-corrected chi connectivity index (χ2v) is 19.5. The molecule has 12 heteroatoms. The SMILES string of the molecule is CN(C)c1ccc2c(c1)[Si](C)(C)C1=CC(=[N+](C)C)C=CC1=C2c1c(F)c(C(C(=O)OC(C)(C)C)C(=O)OC(C)(C)C)c(F)c(F)c1C(=O)[O-]. The van der Waals surface area contributed by atoms with Gasteiger partial charge < -0.3 is 24.3 Å². The van der Waals surface area contributed by atoms with Crippen LogP contribution in [0.25, 0.3) is 5.57 Å². The fraction of sp³-hybridized carbons (Fsp3) is 0.405. The van der Waals surface area contributed by atoms with Crippen LogP contribution in [0.4, 0.5) is 18.9 Å². The van der Waals surface area contributed by atoms with E-state index in [-0.39, 0.29) is 5.57 Å². The molecule has 0 bridgehead atoms. The normalized spacial score (nSPS) is 15.4. The van der Waals surface area contributed by atoms with Gasteiger partial charge in [-0.15, -0.1) is 0 Å². The summed E-state index contributed by atoms with van der Waals surface area (Å²) in [6.07, 6.45) is 5.37. The highest BCUT2D eigenvalue weighted by Crippen LogP contribution is 2.46. The van der Waals surface area contributed by atoms with E-state index in [4.69, 9.17) is 9.47 Å². The summed E-state index contributed by atoms with van der Waals surface area (Å²) in [5, 5.41) is 14.2. The Hall–Kier alpha value is -4.45. The molecule has 0 unspecified atom stereocenters. The number of esters is 2. The van der Waals surface area contributed by atoms with Crippen LogP contribution in [-0.4, -0.2) is 75.7 Å². The number of anilines is 1. The minimum atomic E-state index is -2.65. The van der Waals surface area contributed by atoms with Crippen molar-refractivity contribution in [3.63, 3.8) is 0 Å². The van der Waals surface area contributed by atoms with Crippen LogP contribution in [0.15, 0.2) is 47.2 Å². The quantitative estimate of drug-likeness (QED) is 0.141. The molecule has 4 rings (SSSR count). The van der Waals surface area contributed by atoms with E-state index in [0.29, 0.717) is 11.1 Å². The summed E-state index contributed by atoms with van der Waals surface area (Å²) >= 11 is 0. The zero-order chi connectivity index (χ0) is 37.1. The summed E-state index contributed by atoms with van der Waals surface area (Å²) in [6.45, 7) is 13.1. The van der Waals surface area contributed by atoms with Gasteiger partial charge in [0.1, 0.15) is 39.2 Å². The first-order chi connectivity index (χ1) is 22.4. The number of fused-ring (bicyclic) bond motifs is 2. The van der Waals surface area contributed by atoms with Crippen molar-refractivity contribution in [1.82, 2.24) is 0 Å². The molecule has 262 valence electrons. The highest BCUT2D eigenvalue weighted by molar-refractivity contribution is 6.98. The molecule has 2 aliphatic rings. The Bertz CT molecular complexity index is 1880. The van der Waals surface area contributed by atoms with Crippen LogP contribution in [0.2, 0.25) is 13.1 Å². The van der Waals surface area contributed by atoms with E-state index in [2.05, 4.69) is 13.1 Å². The number of benzene rings is 2. The molecule has 1 aliphatic carbocycles. The van der Waals surface area contributed by atoms with E-state index < -0.39 is 77.2 Å². The minimum Gasteiger partial charge on any atom is -0.545 e. The van der Waals surface area contributed by atoms with E-state index in [1.54, 1.807) is 24.3 Å². The number of rotatable bonds is 6. The van der Waals surface area contributed by atoms with Gasteiger partial charge in [-0.3, -0.25) is 9.59 Å². The van der Waals surface area contributed by atoms with E-state index in [1.807, 2.05) is 49.8 Å². The van der Waals surface area contributed by atoms with Crippen molar-refractivity contribution < 1.29 is 46.7 Å². The highest BCUT2D eigenvalue weighted by Gasteiger charge is 2.46. The predicted molar refractivity (Wildman–Crippen MR) is 183 cm³/mol. The van der Waals surface area contributed by atoms with Crippen molar-refractivity contribution in [2.75, 3.05) is 33.1 Å². The van der Waals surface area contributed by atoms with Crippen molar-refractivity contribution in [1.29, 1.82) is 0 Å². The lowest BCUT2D eigenvalue weighted by Crippen LogP contribution is -2.50. The monoisotopic (exact) mass is 696 g/mol. The average Bonchev–Trinajstić information content (AvgIpc) is 2.95. The second kappa shape index (κ2) is 12.8. The van der Waals surface area contributed by atoms with Gasteiger partial charge in [0.15, 0.2) is 23.3 Å². The third-order valence-corrected chi connectivity index (χ3v) is 11.8. The number of ether oxygens (including phenoxy) is 2. The van der Waals surface area contributed by atoms with Gasteiger partial charge in [0.05, 0.1) is 11.5 Å². The second-order valence-electron chi connectivity index (χ2n) is 15.1. The lowest BCUT2D eigenvalue weighted by Gasteiger charge is -2.38. The van der Waals surface area contributed by atoms with Gasteiger partial charge in [0, 0.05) is 43.1 Å². The topological polar surface area (TPSA) is 99.0 Å². The van der Waals surface area contributed by atoms with Gasteiger partial charge in [-0.05, 0) is 86.8 Å². The average molecular weight is 697 g/mol. The molecule has 0 aromatic heterocycles. The third kappa shape index (κ3) is 7.01. The summed E-state index contributed by atoms with van der Waals surface area (Å²) in [4.78, 5) is 41.7. The molecule has 0 spiro atoms. The predicted octanol–water partition coefficient (Wildman–Crippen LogP) is 4.78. The van der Waals surface area contributed by atoms with Crippen molar-refractivity contribution in [2.45, 2.75) is 71.8 Å². The third-order valence-electron chi connectivity index (χ3n) is 8.31. The maximum atomic E-state index is 17.4. The molecular weight excluding hydrogens is 653 g/mol. The highest BCUT2D eigenvalue weighted by atomic mass is 28.3. The molecular formula is C37H43F3N2O6Si. The van der Waals surface area contributed by atoms with Crippen molar-refractivity contribution in [3.8, 4) is 0 Å². The fourth-order valence-corrected chi connectivity index (χ4v) is 9.13. The van der Waals surface area contributed by atoms with E-state index >= 15 is 13.2 Å². The van der Waals surface area contributed by atoms with Crippen molar-refractivity contribution >= 4 is 48.1 Å². The Kier molecular flexibility index (Phi) is 9.74. The standard InChI is InChI=1S/C37H43F3N2O6Si/c1-36(2,3)47-34(45)29(35(46)48-37(4,5)6)27-30(38)26(28(33(43)44)32(40)31(27)39)25-21-15-13-19(41(7)8)17-23(21)49(11,12)24-18-20(42(9)10)14-16-22(24)25/h13-18,29H,1-12H3. The summed E-state index contributed by atoms with van der Waals surface area (Å²) < 4.78 is 62.4. The molecule has 8 nitrogen and oxygen atoms in total. The zero-order valence-corrected chi connectivity index (χ0v) is 31.0. The lowest BCUT2D eigenvalue weighted by molar-refractivity contribution is -0.462. The van der Waals surface area contributed by atoms with E-state index in [9.17, 15) is 19.5 Å². The summed E-state index contributed by atoms with van der Waals surface area (Å²) in [6, 6.07) is 5.37. The molecule has 2 aromatic rings. The molecule has 0 fully saturated rings. The number of carboxylic acid groups (broad SMARTS) is 1. The number of allylic oxidation sites excluding steroid dienone is 5. The lowest BCUT2D eigenvalue weighted by atomic mass is 9.83. The number of hydrogen-bond donors (Lipinski definition) is 0. The van der Waals surface area contributed by atoms with Gasteiger partial charge >= 0.3 is 11.9 Å². The molecule has 1 aliphatic heterocycles. The van der Waals surface area contributed by atoms with Gasteiger partial charge in [0.25, 0.3) is 0 Å². The van der Waals surface area contributed by atoms with Crippen LogP contribution >= 0.6 is 0 Å². The van der Waals surface area contributed by atoms with Crippen LogP contribution in [0.3, 0.4) is 0 Å². The minimum absolute atomic E-state index is 0.0450. The maximum Gasteiger partial charge on any atom is 0.325 e. The first kappa shape index (κ1) is 37.4. The molecule has 0 N–H and O–H groups in total. The smallest absolute Gasteiger partial charge is 0.325 e. The van der Waals surface area contributed by atoms with Gasteiger partial charge in [0.2, 0.25) is 0 Å². The largest absolute Gasteiger partial charge is 0.545 e. The fourth-order valence-electron chi connectivity index (χ4n) is 6.06. The number of aromatic carboxylic acids is 1. The van der Waals surface area contributed by atoms with Crippen LogP contribution < -0.4 is 15.2 Å². The van der Waals surface area contributed by atoms with Crippen LogP contribution in [0.1, 0.15) is 74.5 Å². The number of nitrogens with zero attached hydrogens (tertiary/aromatic N) is 2. The van der Waals surface area contributed by atoms with E-state index in [0.717, 1.165) is 21.8 Å². The molecule has 1 heterocycles. The van der Waals surface area contributed by atoms with Crippen LogP contribution in [0.5, 0.6) is 0 Å². The number of carbonyl (C=O) groups is 3. The Balaban J connectivity index is 2.24. The summed E-state index contributed by atoms with van der Waals surface area (Å²) in [5.41, 5.74) is -3.63. The number of carboxylic acids is 1.